The van der Waals surface area contributed by atoms with Gasteiger partial charge in [0.1, 0.15) is 0 Å². The minimum Gasteiger partial charge on any atom is -0.378 e. The molecule has 2 aliphatic heterocycles. The molecule has 0 radical (unpaired) electrons. The van der Waals surface area contributed by atoms with Crippen LogP contribution in [0.5, 0.6) is 0 Å². The van der Waals surface area contributed by atoms with Gasteiger partial charge in [0.25, 0.3) is 0 Å². The van der Waals surface area contributed by atoms with E-state index in [2.05, 4.69) is 29.7 Å². The third-order valence-corrected chi connectivity index (χ3v) is 6.46. The number of benzene rings is 2. The summed E-state index contributed by atoms with van der Waals surface area (Å²) in [6, 6.07) is 14.1. The topological polar surface area (TPSA) is 33.3 Å². The molecule has 0 unspecified atom stereocenters. The SMILES string of the molecule is CCCCCNC[C@H]1CC[C@@H]2[C@H](O1)c1cc(C(F)(F)F)ccc1N[C@H]2c1ccccc1. The molecule has 0 amide bonds. The molecular formula is C25H31F3N2O. The molecule has 0 bridgehead atoms. The number of ether oxygens (including phenoxy) is 1. The third kappa shape index (κ3) is 5.07. The van der Waals surface area contributed by atoms with Gasteiger partial charge in [-0.1, -0.05) is 50.1 Å². The Morgan fingerprint density at radius 1 is 1.06 bits per heavy atom. The van der Waals surface area contributed by atoms with Gasteiger partial charge in [0.2, 0.25) is 0 Å². The van der Waals surface area contributed by atoms with Crippen LogP contribution in [-0.4, -0.2) is 19.2 Å². The number of hydrogen-bond acceptors (Lipinski definition) is 3. The lowest BCUT2D eigenvalue weighted by atomic mass is 9.76. The van der Waals surface area contributed by atoms with Gasteiger partial charge < -0.3 is 15.4 Å². The summed E-state index contributed by atoms with van der Waals surface area (Å²) in [5.74, 6) is 0.0923. The molecule has 2 heterocycles. The van der Waals surface area contributed by atoms with Gasteiger partial charge in [-0.3, -0.25) is 0 Å². The van der Waals surface area contributed by atoms with Gasteiger partial charge >= 0.3 is 6.18 Å². The van der Waals surface area contributed by atoms with Crippen LogP contribution in [0.15, 0.2) is 48.5 Å². The van der Waals surface area contributed by atoms with Crippen LogP contribution in [0, 0.1) is 5.92 Å². The smallest absolute Gasteiger partial charge is 0.378 e. The summed E-state index contributed by atoms with van der Waals surface area (Å²) in [5.41, 5.74) is 1.89. The van der Waals surface area contributed by atoms with Crippen molar-refractivity contribution in [2.24, 2.45) is 5.92 Å². The van der Waals surface area contributed by atoms with Crippen LogP contribution in [0.4, 0.5) is 18.9 Å². The Labute approximate surface area is 182 Å². The molecule has 31 heavy (non-hydrogen) atoms. The van der Waals surface area contributed by atoms with Crippen molar-refractivity contribution in [1.29, 1.82) is 0 Å². The second kappa shape index (κ2) is 9.61. The predicted octanol–water partition coefficient (Wildman–Crippen LogP) is 6.49. The Hall–Kier alpha value is -2.05. The molecule has 0 saturated carbocycles. The predicted molar refractivity (Wildman–Crippen MR) is 117 cm³/mol. The number of halogens is 3. The van der Waals surface area contributed by atoms with E-state index >= 15 is 0 Å². The molecule has 2 N–H and O–H groups in total. The van der Waals surface area contributed by atoms with Gasteiger partial charge in [0, 0.05) is 23.7 Å². The number of anilines is 1. The lowest BCUT2D eigenvalue weighted by Crippen LogP contribution is -2.42. The number of unbranched alkanes of at least 4 members (excludes halogenated alkanes) is 2. The quantitative estimate of drug-likeness (QED) is 0.491. The minimum absolute atomic E-state index is 0.0137. The van der Waals surface area contributed by atoms with Crippen LogP contribution in [-0.2, 0) is 10.9 Å². The first kappa shape index (κ1) is 22.2. The van der Waals surface area contributed by atoms with Crippen molar-refractivity contribution in [1.82, 2.24) is 5.32 Å². The highest BCUT2D eigenvalue weighted by atomic mass is 19.4. The van der Waals surface area contributed by atoms with Crippen molar-refractivity contribution in [3.05, 3.63) is 65.2 Å². The maximum absolute atomic E-state index is 13.4. The lowest BCUT2D eigenvalue weighted by molar-refractivity contribution is -0.138. The summed E-state index contributed by atoms with van der Waals surface area (Å²) in [6.07, 6.45) is 0.622. The van der Waals surface area contributed by atoms with Crippen LogP contribution >= 0.6 is 0 Å². The molecule has 168 valence electrons. The summed E-state index contributed by atoms with van der Waals surface area (Å²) >= 11 is 0. The van der Waals surface area contributed by atoms with Crippen LogP contribution in [0.1, 0.15) is 67.9 Å². The minimum atomic E-state index is -4.37. The monoisotopic (exact) mass is 432 g/mol. The molecule has 3 nitrogen and oxygen atoms in total. The summed E-state index contributed by atoms with van der Waals surface area (Å²) in [6.45, 7) is 3.87. The number of rotatable bonds is 7. The number of alkyl halides is 3. The van der Waals surface area contributed by atoms with E-state index in [-0.39, 0.29) is 24.2 Å². The fourth-order valence-corrected chi connectivity index (χ4v) is 4.84. The van der Waals surface area contributed by atoms with Gasteiger partial charge in [-0.2, -0.15) is 13.2 Å². The first-order valence-electron chi connectivity index (χ1n) is 11.4. The number of nitrogens with one attached hydrogen (secondary N) is 2. The second-order valence-corrected chi connectivity index (χ2v) is 8.66. The molecule has 4 rings (SSSR count). The second-order valence-electron chi connectivity index (χ2n) is 8.66. The lowest BCUT2D eigenvalue weighted by Gasteiger charge is -2.46. The average molecular weight is 433 g/mol. The Kier molecular flexibility index (Phi) is 6.87. The third-order valence-electron chi connectivity index (χ3n) is 6.46. The zero-order chi connectivity index (χ0) is 21.8. The van der Waals surface area contributed by atoms with Crippen molar-refractivity contribution in [2.75, 3.05) is 18.4 Å². The van der Waals surface area contributed by atoms with E-state index in [0.717, 1.165) is 49.7 Å². The Balaban J connectivity index is 1.58. The van der Waals surface area contributed by atoms with E-state index in [0.29, 0.717) is 5.56 Å². The van der Waals surface area contributed by atoms with Crippen molar-refractivity contribution in [3.63, 3.8) is 0 Å². The summed E-state index contributed by atoms with van der Waals surface area (Å²) < 4.78 is 46.7. The average Bonchev–Trinajstić information content (AvgIpc) is 2.78. The van der Waals surface area contributed by atoms with Gasteiger partial charge in [0.15, 0.2) is 0 Å². The molecule has 0 aromatic heterocycles. The van der Waals surface area contributed by atoms with Crippen LogP contribution in [0.3, 0.4) is 0 Å². The van der Waals surface area contributed by atoms with Gasteiger partial charge in [-0.25, -0.2) is 0 Å². The standard InChI is InChI=1S/C25H31F3N2O/c1-2-3-7-14-29-16-19-11-12-20-23(17-8-5-4-6-9-17)30-22-13-10-18(25(26,27)28)15-21(22)24(20)31-19/h4-6,8-10,13,15,19-20,23-24,29-30H,2-3,7,11-12,14,16H2,1H3/t19-,20+,23+,24+/m1/s1. The largest absolute Gasteiger partial charge is 0.416 e. The molecule has 6 heteroatoms. The highest BCUT2D eigenvalue weighted by Gasteiger charge is 2.43. The molecule has 0 spiro atoms. The fourth-order valence-electron chi connectivity index (χ4n) is 4.84. The van der Waals surface area contributed by atoms with Crippen molar-refractivity contribution < 1.29 is 17.9 Å². The molecular weight excluding hydrogens is 401 g/mol. The Morgan fingerprint density at radius 3 is 2.61 bits per heavy atom. The highest BCUT2D eigenvalue weighted by Crippen LogP contribution is 2.51. The van der Waals surface area contributed by atoms with E-state index in [4.69, 9.17) is 4.74 Å². The van der Waals surface area contributed by atoms with E-state index in [9.17, 15) is 13.2 Å². The van der Waals surface area contributed by atoms with E-state index in [1.54, 1.807) is 6.07 Å². The van der Waals surface area contributed by atoms with E-state index in [1.807, 2.05) is 18.2 Å². The van der Waals surface area contributed by atoms with Crippen molar-refractivity contribution in [2.45, 2.75) is 63.5 Å². The first-order valence-corrected chi connectivity index (χ1v) is 11.4. The Bertz CT molecular complexity index is 856. The number of fused-ring (bicyclic) bond motifs is 3. The molecule has 0 aliphatic carbocycles. The zero-order valence-electron chi connectivity index (χ0n) is 17.9. The highest BCUT2D eigenvalue weighted by molar-refractivity contribution is 5.58. The van der Waals surface area contributed by atoms with Gasteiger partial charge in [-0.05, 0) is 49.6 Å². The van der Waals surface area contributed by atoms with Crippen molar-refractivity contribution >= 4 is 5.69 Å². The summed E-state index contributed by atoms with van der Waals surface area (Å²) in [5, 5.41) is 6.98. The van der Waals surface area contributed by atoms with Crippen LogP contribution in [0.25, 0.3) is 0 Å². The Morgan fingerprint density at radius 2 is 1.87 bits per heavy atom. The normalized spacial score (nSPS) is 25.4. The first-order chi connectivity index (χ1) is 15.0. The maximum Gasteiger partial charge on any atom is 0.416 e. The summed E-state index contributed by atoms with van der Waals surface area (Å²) in [7, 11) is 0. The van der Waals surface area contributed by atoms with E-state index in [1.165, 1.54) is 18.9 Å². The molecule has 2 aromatic rings. The molecule has 2 aliphatic rings. The van der Waals surface area contributed by atoms with Crippen LogP contribution < -0.4 is 10.6 Å². The van der Waals surface area contributed by atoms with Crippen LogP contribution in [0.2, 0.25) is 0 Å². The molecule has 2 aromatic carbocycles. The summed E-state index contributed by atoms with van der Waals surface area (Å²) in [4.78, 5) is 0. The fraction of sp³-hybridized carbons (Fsp3) is 0.520. The van der Waals surface area contributed by atoms with Crippen molar-refractivity contribution in [3.8, 4) is 0 Å². The maximum atomic E-state index is 13.4. The van der Waals surface area contributed by atoms with Gasteiger partial charge in [0.05, 0.1) is 23.8 Å². The molecule has 1 saturated heterocycles. The number of hydrogen-bond donors (Lipinski definition) is 2. The molecule has 1 fully saturated rings. The zero-order valence-corrected chi connectivity index (χ0v) is 17.9. The van der Waals surface area contributed by atoms with E-state index < -0.39 is 11.7 Å². The van der Waals surface area contributed by atoms with Gasteiger partial charge in [-0.15, -0.1) is 0 Å². The molecule has 4 atom stereocenters.